The number of H-pyrrole nitrogens is 1. The van der Waals surface area contributed by atoms with E-state index in [-0.39, 0.29) is 23.0 Å². The van der Waals surface area contributed by atoms with Gasteiger partial charge in [-0.05, 0) is 58.1 Å². The maximum atomic E-state index is 12.6. The summed E-state index contributed by atoms with van der Waals surface area (Å²) in [6, 6.07) is 5.64. The number of nitrogens with one attached hydrogen (secondary N) is 1. The van der Waals surface area contributed by atoms with Crippen molar-refractivity contribution in [1.29, 1.82) is 0 Å². The van der Waals surface area contributed by atoms with Crippen molar-refractivity contribution >= 4 is 43.9 Å². The number of amides is 1. The number of furan rings is 1. The molecular formula is C21H25BrN4O3. The minimum absolute atomic E-state index is 0.134. The molecule has 1 aliphatic rings. The second kappa shape index (κ2) is 8.28. The molecule has 1 amide bonds. The number of likely N-dealkylation sites (tertiary alicyclic amines) is 1. The average molecular weight is 461 g/mol. The van der Waals surface area contributed by atoms with Crippen molar-refractivity contribution in [3.05, 3.63) is 38.9 Å². The van der Waals surface area contributed by atoms with Crippen LogP contribution in [0.3, 0.4) is 0 Å². The van der Waals surface area contributed by atoms with Gasteiger partial charge in [-0.1, -0.05) is 15.9 Å². The highest BCUT2D eigenvalue weighted by molar-refractivity contribution is 9.10. The predicted molar refractivity (Wildman–Crippen MR) is 116 cm³/mol. The summed E-state index contributed by atoms with van der Waals surface area (Å²) < 4.78 is 6.61. The van der Waals surface area contributed by atoms with Gasteiger partial charge in [0.05, 0.1) is 0 Å². The number of hydrogen-bond acceptors (Lipinski definition) is 5. The van der Waals surface area contributed by atoms with Crippen molar-refractivity contribution in [1.82, 2.24) is 19.8 Å². The minimum Gasteiger partial charge on any atom is -0.449 e. The van der Waals surface area contributed by atoms with E-state index in [0.717, 1.165) is 35.7 Å². The van der Waals surface area contributed by atoms with Crippen LogP contribution in [0, 0.1) is 0 Å². The summed E-state index contributed by atoms with van der Waals surface area (Å²) in [6.07, 6.45) is 3.06. The summed E-state index contributed by atoms with van der Waals surface area (Å²) in [6.45, 7) is 2.32. The Morgan fingerprint density at radius 3 is 2.83 bits per heavy atom. The summed E-state index contributed by atoms with van der Waals surface area (Å²) in [4.78, 5) is 36.7. The van der Waals surface area contributed by atoms with Crippen LogP contribution in [0.15, 0.2) is 31.9 Å². The third kappa shape index (κ3) is 4.23. The fourth-order valence-electron chi connectivity index (χ4n) is 3.94. The molecule has 7 nitrogen and oxygen atoms in total. The summed E-state index contributed by atoms with van der Waals surface area (Å²) in [5.74, 6) is 1.03. The third-order valence-corrected chi connectivity index (χ3v) is 6.03. The number of carbonyl (C=O) groups is 1. The van der Waals surface area contributed by atoms with E-state index in [9.17, 15) is 9.59 Å². The van der Waals surface area contributed by atoms with Gasteiger partial charge in [0.15, 0.2) is 0 Å². The molecule has 0 aliphatic carbocycles. The molecule has 3 aromatic rings. The summed E-state index contributed by atoms with van der Waals surface area (Å²) >= 11 is 3.47. The topological polar surface area (TPSA) is 82.4 Å². The maximum Gasteiger partial charge on any atom is 0.294 e. The Labute approximate surface area is 177 Å². The standard InChI is InChI=1S/C21H25BrN4O3/c1-25(2)9-3-4-17(27)26-10-7-13(8-11-26)20-23-18-15-12-14(22)5-6-16(15)29-19(18)21(28)24-20/h5-6,12-13H,3-4,7-11H2,1-2H3,(H,23,24,28). The van der Waals surface area contributed by atoms with E-state index < -0.39 is 0 Å². The van der Waals surface area contributed by atoms with Gasteiger partial charge in [-0.3, -0.25) is 9.59 Å². The molecule has 29 heavy (non-hydrogen) atoms. The Morgan fingerprint density at radius 2 is 2.10 bits per heavy atom. The molecule has 1 aliphatic heterocycles. The van der Waals surface area contributed by atoms with E-state index in [4.69, 9.17) is 9.40 Å². The van der Waals surface area contributed by atoms with Crippen molar-refractivity contribution in [3.8, 4) is 0 Å². The summed E-state index contributed by atoms with van der Waals surface area (Å²) in [5.41, 5.74) is 1.26. The van der Waals surface area contributed by atoms with Crippen molar-refractivity contribution in [2.75, 3.05) is 33.7 Å². The van der Waals surface area contributed by atoms with Crippen LogP contribution in [-0.4, -0.2) is 59.4 Å². The van der Waals surface area contributed by atoms with Gasteiger partial charge in [0.25, 0.3) is 5.56 Å². The number of hydrogen-bond donors (Lipinski definition) is 1. The van der Waals surface area contributed by atoms with Crippen LogP contribution >= 0.6 is 15.9 Å². The molecular weight excluding hydrogens is 436 g/mol. The largest absolute Gasteiger partial charge is 0.449 e. The highest BCUT2D eigenvalue weighted by atomic mass is 79.9. The number of rotatable bonds is 5. The van der Waals surface area contributed by atoms with Crippen LogP contribution in [-0.2, 0) is 4.79 Å². The quantitative estimate of drug-likeness (QED) is 0.629. The van der Waals surface area contributed by atoms with Crippen molar-refractivity contribution in [2.45, 2.75) is 31.6 Å². The molecule has 1 N–H and O–H groups in total. The second-order valence-electron chi connectivity index (χ2n) is 7.93. The number of halogens is 1. The summed E-state index contributed by atoms with van der Waals surface area (Å²) in [7, 11) is 4.03. The molecule has 0 radical (unpaired) electrons. The van der Waals surface area contributed by atoms with Crippen LogP contribution in [0.5, 0.6) is 0 Å². The molecule has 3 heterocycles. The van der Waals surface area contributed by atoms with E-state index in [1.54, 1.807) is 0 Å². The minimum atomic E-state index is -0.250. The number of aromatic amines is 1. The number of benzene rings is 1. The highest BCUT2D eigenvalue weighted by Gasteiger charge is 2.26. The molecule has 0 atom stereocenters. The second-order valence-corrected chi connectivity index (χ2v) is 8.85. The number of aromatic nitrogens is 2. The van der Waals surface area contributed by atoms with Gasteiger partial charge in [0.2, 0.25) is 11.5 Å². The molecule has 2 aromatic heterocycles. The van der Waals surface area contributed by atoms with Crippen LogP contribution < -0.4 is 5.56 Å². The smallest absolute Gasteiger partial charge is 0.294 e. The van der Waals surface area contributed by atoms with E-state index >= 15 is 0 Å². The molecule has 1 aromatic carbocycles. The van der Waals surface area contributed by atoms with Gasteiger partial charge in [-0.25, -0.2) is 4.98 Å². The van der Waals surface area contributed by atoms with Crippen LogP contribution in [0.1, 0.15) is 37.4 Å². The highest BCUT2D eigenvalue weighted by Crippen LogP contribution is 2.31. The lowest BCUT2D eigenvalue weighted by Crippen LogP contribution is -2.38. The molecule has 154 valence electrons. The van der Waals surface area contributed by atoms with E-state index in [1.807, 2.05) is 37.2 Å². The van der Waals surface area contributed by atoms with E-state index in [2.05, 4.69) is 25.8 Å². The predicted octanol–water partition coefficient (Wildman–Crippen LogP) is 3.48. The SMILES string of the molecule is CN(C)CCCC(=O)N1CCC(c2nc3c(oc4ccc(Br)cc43)c(=O)[nH]2)CC1. The lowest BCUT2D eigenvalue weighted by Gasteiger charge is -2.31. The Balaban J connectivity index is 1.50. The van der Waals surface area contributed by atoms with Crippen LogP contribution in [0.4, 0.5) is 0 Å². The van der Waals surface area contributed by atoms with Crippen molar-refractivity contribution in [2.24, 2.45) is 0 Å². The van der Waals surface area contributed by atoms with Gasteiger partial charge in [0.1, 0.15) is 16.9 Å². The Bertz CT molecular complexity index is 1100. The molecule has 1 saturated heterocycles. The number of carbonyl (C=O) groups excluding carboxylic acids is 1. The molecule has 0 bridgehead atoms. The number of fused-ring (bicyclic) bond motifs is 3. The lowest BCUT2D eigenvalue weighted by molar-refractivity contribution is -0.132. The zero-order valence-corrected chi connectivity index (χ0v) is 18.3. The monoisotopic (exact) mass is 460 g/mol. The fraction of sp³-hybridized carbons (Fsp3) is 0.476. The Morgan fingerprint density at radius 1 is 1.34 bits per heavy atom. The van der Waals surface area contributed by atoms with E-state index in [1.165, 1.54) is 0 Å². The van der Waals surface area contributed by atoms with Gasteiger partial charge in [0, 0.05) is 35.3 Å². The van der Waals surface area contributed by atoms with Crippen LogP contribution in [0.25, 0.3) is 22.1 Å². The van der Waals surface area contributed by atoms with Gasteiger partial charge in [-0.2, -0.15) is 0 Å². The lowest BCUT2D eigenvalue weighted by atomic mass is 9.95. The van der Waals surface area contributed by atoms with Gasteiger partial charge >= 0.3 is 0 Å². The average Bonchev–Trinajstić information content (AvgIpc) is 3.06. The number of piperidine rings is 1. The van der Waals surface area contributed by atoms with E-state index in [0.29, 0.717) is 36.4 Å². The molecule has 0 unspecified atom stereocenters. The first-order chi connectivity index (χ1) is 13.9. The zero-order chi connectivity index (χ0) is 20.5. The first-order valence-corrected chi connectivity index (χ1v) is 10.8. The molecule has 8 heteroatoms. The van der Waals surface area contributed by atoms with Gasteiger partial charge in [-0.15, -0.1) is 0 Å². The fourth-order valence-corrected chi connectivity index (χ4v) is 4.30. The first-order valence-electron chi connectivity index (χ1n) is 9.97. The molecule has 4 rings (SSSR count). The molecule has 0 spiro atoms. The Hall–Kier alpha value is -2.19. The number of nitrogens with zero attached hydrogens (tertiary/aromatic N) is 3. The maximum absolute atomic E-state index is 12.6. The van der Waals surface area contributed by atoms with Crippen molar-refractivity contribution < 1.29 is 9.21 Å². The van der Waals surface area contributed by atoms with Gasteiger partial charge < -0.3 is 19.2 Å². The normalized spacial score (nSPS) is 15.7. The molecule has 0 saturated carbocycles. The Kier molecular flexibility index (Phi) is 5.74. The summed E-state index contributed by atoms with van der Waals surface area (Å²) in [5, 5.41) is 0.829. The van der Waals surface area contributed by atoms with Crippen molar-refractivity contribution in [3.63, 3.8) is 0 Å². The first kappa shape index (κ1) is 20.1. The third-order valence-electron chi connectivity index (χ3n) is 5.53. The molecule has 1 fully saturated rings. The van der Waals surface area contributed by atoms with Crippen LogP contribution in [0.2, 0.25) is 0 Å². The zero-order valence-electron chi connectivity index (χ0n) is 16.7.